The van der Waals surface area contributed by atoms with Crippen LogP contribution in [0.5, 0.6) is 5.75 Å². The minimum Gasteiger partial charge on any atom is -0.495 e. The van der Waals surface area contributed by atoms with E-state index >= 15 is 0 Å². The van der Waals surface area contributed by atoms with Crippen LogP contribution in [-0.4, -0.2) is 25.7 Å². The van der Waals surface area contributed by atoms with Gasteiger partial charge in [0, 0.05) is 6.20 Å². The van der Waals surface area contributed by atoms with Crippen LogP contribution in [0.2, 0.25) is 0 Å². The van der Waals surface area contributed by atoms with Crippen molar-refractivity contribution in [2.75, 3.05) is 20.7 Å². The topological polar surface area (TPSA) is 34.2 Å². The molecule has 0 spiro atoms. The van der Waals surface area contributed by atoms with Crippen molar-refractivity contribution in [2.45, 2.75) is 44.9 Å². The average Bonchev–Trinajstić information content (AvgIpc) is 2.49. The van der Waals surface area contributed by atoms with Crippen molar-refractivity contribution in [2.24, 2.45) is 11.8 Å². The molecule has 0 saturated heterocycles. The third kappa shape index (κ3) is 3.72. The standard InChI is InChI=1S/C17H28N2O/c1-4-5-13-6-7-14(10-18-2)17(8-13)15-9-16(20-3)12-19-11-15/h9,11-14,17-18H,4-8,10H2,1-3H3. The Balaban J connectivity index is 2.16. The molecule has 3 unspecified atom stereocenters. The Morgan fingerprint density at radius 3 is 2.90 bits per heavy atom. The van der Waals surface area contributed by atoms with Crippen LogP contribution >= 0.6 is 0 Å². The van der Waals surface area contributed by atoms with Gasteiger partial charge in [0.2, 0.25) is 0 Å². The Labute approximate surface area is 123 Å². The molecule has 1 fully saturated rings. The number of methoxy groups -OCH3 is 1. The summed E-state index contributed by atoms with van der Waals surface area (Å²) < 4.78 is 5.34. The van der Waals surface area contributed by atoms with Crippen molar-refractivity contribution in [3.8, 4) is 5.75 Å². The van der Waals surface area contributed by atoms with Crippen molar-refractivity contribution in [3.05, 3.63) is 24.0 Å². The monoisotopic (exact) mass is 276 g/mol. The molecule has 0 bridgehead atoms. The van der Waals surface area contributed by atoms with E-state index in [1.54, 1.807) is 13.3 Å². The molecule has 0 amide bonds. The van der Waals surface area contributed by atoms with Crippen LogP contribution in [0.4, 0.5) is 0 Å². The largest absolute Gasteiger partial charge is 0.495 e. The molecule has 1 aliphatic rings. The summed E-state index contributed by atoms with van der Waals surface area (Å²) in [5, 5.41) is 3.36. The first-order valence-electron chi connectivity index (χ1n) is 7.92. The molecule has 0 radical (unpaired) electrons. The molecule has 112 valence electrons. The van der Waals surface area contributed by atoms with Gasteiger partial charge in [-0.2, -0.15) is 0 Å². The van der Waals surface area contributed by atoms with Crippen molar-refractivity contribution >= 4 is 0 Å². The van der Waals surface area contributed by atoms with E-state index in [1.807, 2.05) is 6.20 Å². The quantitative estimate of drug-likeness (QED) is 0.862. The molecule has 1 aliphatic carbocycles. The predicted molar refractivity (Wildman–Crippen MR) is 83.2 cm³/mol. The van der Waals surface area contributed by atoms with Crippen LogP contribution in [0.15, 0.2) is 18.5 Å². The minimum absolute atomic E-state index is 0.621. The summed E-state index contributed by atoms with van der Waals surface area (Å²) in [6, 6.07) is 2.18. The Bertz CT molecular complexity index is 408. The lowest BCUT2D eigenvalue weighted by Crippen LogP contribution is -2.30. The number of nitrogens with zero attached hydrogens (tertiary/aromatic N) is 1. The molecule has 1 saturated carbocycles. The minimum atomic E-state index is 0.621. The molecule has 3 heteroatoms. The highest BCUT2D eigenvalue weighted by molar-refractivity contribution is 5.27. The van der Waals surface area contributed by atoms with Gasteiger partial charge >= 0.3 is 0 Å². The Morgan fingerprint density at radius 1 is 1.35 bits per heavy atom. The van der Waals surface area contributed by atoms with E-state index in [9.17, 15) is 0 Å². The van der Waals surface area contributed by atoms with E-state index < -0.39 is 0 Å². The Morgan fingerprint density at radius 2 is 2.20 bits per heavy atom. The second-order valence-corrected chi connectivity index (χ2v) is 6.05. The highest BCUT2D eigenvalue weighted by Crippen LogP contribution is 2.42. The summed E-state index contributed by atoms with van der Waals surface area (Å²) >= 11 is 0. The van der Waals surface area contributed by atoms with Crippen LogP contribution in [0, 0.1) is 11.8 Å². The molecule has 3 atom stereocenters. The molecule has 1 aromatic rings. The first-order valence-corrected chi connectivity index (χ1v) is 7.92. The fourth-order valence-electron chi connectivity index (χ4n) is 3.66. The summed E-state index contributed by atoms with van der Waals surface area (Å²) in [6.45, 7) is 3.39. The average molecular weight is 276 g/mol. The second-order valence-electron chi connectivity index (χ2n) is 6.05. The number of ether oxygens (including phenoxy) is 1. The highest BCUT2D eigenvalue weighted by atomic mass is 16.5. The fourth-order valence-corrected chi connectivity index (χ4v) is 3.66. The van der Waals surface area contributed by atoms with Gasteiger partial charge in [-0.05, 0) is 55.8 Å². The molecule has 0 aliphatic heterocycles. The third-order valence-electron chi connectivity index (χ3n) is 4.66. The van der Waals surface area contributed by atoms with Crippen LogP contribution in [0.25, 0.3) is 0 Å². The zero-order valence-electron chi connectivity index (χ0n) is 13.1. The van der Waals surface area contributed by atoms with E-state index in [0.717, 1.165) is 24.1 Å². The van der Waals surface area contributed by atoms with E-state index in [0.29, 0.717) is 5.92 Å². The second kappa shape index (κ2) is 7.63. The number of rotatable bonds is 6. The number of nitrogens with one attached hydrogen (secondary N) is 1. The summed E-state index contributed by atoms with van der Waals surface area (Å²) in [4.78, 5) is 4.35. The lowest BCUT2D eigenvalue weighted by Gasteiger charge is -2.36. The molecule has 1 heterocycles. The Kier molecular flexibility index (Phi) is 5.84. The van der Waals surface area contributed by atoms with E-state index in [4.69, 9.17) is 4.74 Å². The maximum atomic E-state index is 5.34. The summed E-state index contributed by atoms with van der Waals surface area (Å²) in [6.07, 6.45) is 10.5. The van der Waals surface area contributed by atoms with Crippen LogP contribution < -0.4 is 10.1 Å². The van der Waals surface area contributed by atoms with Crippen LogP contribution in [-0.2, 0) is 0 Å². The first-order chi connectivity index (χ1) is 9.78. The van der Waals surface area contributed by atoms with Gasteiger partial charge in [0.15, 0.2) is 0 Å². The fraction of sp³-hybridized carbons (Fsp3) is 0.706. The zero-order valence-corrected chi connectivity index (χ0v) is 13.1. The maximum Gasteiger partial charge on any atom is 0.137 e. The molecular weight excluding hydrogens is 248 g/mol. The third-order valence-corrected chi connectivity index (χ3v) is 4.66. The van der Waals surface area contributed by atoms with E-state index in [2.05, 4.69) is 30.3 Å². The van der Waals surface area contributed by atoms with Crippen LogP contribution in [0.3, 0.4) is 0 Å². The van der Waals surface area contributed by atoms with Gasteiger partial charge < -0.3 is 10.1 Å². The predicted octanol–water partition coefficient (Wildman–Crippen LogP) is 3.61. The van der Waals surface area contributed by atoms with Gasteiger partial charge in [-0.1, -0.05) is 26.2 Å². The molecule has 1 N–H and O–H groups in total. The molecule has 3 nitrogen and oxygen atoms in total. The maximum absolute atomic E-state index is 5.34. The number of hydrogen-bond donors (Lipinski definition) is 1. The van der Waals surface area contributed by atoms with Gasteiger partial charge in [-0.15, -0.1) is 0 Å². The first kappa shape index (κ1) is 15.3. The van der Waals surface area contributed by atoms with E-state index in [-0.39, 0.29) is 0 Å². The normalized spacial score (nSPS) is 26.4. The summed E-state index contributed by atoms with van der Waals surface area (Å²) in [5.74, 6) is 3.10. The highest BCUT2D eigenvalue weighted by Gasteiger charge is 2.31. The van der Waals surface area contributed by atoms with Gasteiger partial charge in [-0.3, -0.25) is 4.98 Å². The summed E-state index contributed by atoms with van der Waals surface area (Å²) in [5.41, 5.74) is 1.35. The molecule has 20 heavy (non-hydrogen) atoms. The Hall–Kier alpha value is -1.09. The van der Waals surface area contributed by atoms with Gasteiger partial charge in [0.25, 0.3) is 0 Å². The number of hydrogen-bond acceptors (Lipinski definition) is 3. The summed E-state index contributed by atoms with van der Waals surface area (Å²) in [7, 11) is 3.77. The molecule has 2 rings (SSSR count). The smallest absolute Gasteiger partial charge is 0.137 e. The van der Waals surface area contributed by atoms with Crippen molar-refractivity contribution < 1.29 is 4.74 Å². The molecule has 1 aromatic heterocycles. The van der Waals surface area contributed by atoms with Crippen LogP contribution in [0.1, 0.15) is 50.5 Å². The SMILES string of the molecule is CCCC1CCC(CNC)C(c2cncc(OC)c2)C1. The number of pyridine rings is 1. The number of aromatic nitrogens is 1. The zero-order chi connectivity index (χ0) is 14.4. The van der Waals surface area contributed by atoms with Crippen molar-refractivity contribution in [3.63, 3.8) is 0 Å². The van der Waals surface area contributed by atoms with E-state index in [1.165, 1.54) is 37.7 Å². The molecular formula is C17H28N2O. The lowest BCUT2D eigenvalue weighted by atomic mass is 9.70. The van der Waals surface area contributed by atoms with Gasteiger partial charge in [0.1, 0.15) is 5.75 Å². The van der Waals surface area contributed by atoms with Gasteiger partial charge in [-0.25, -0.2) is 0 Å². The molecule has 0 aromatic carbocycles. The lowest BCUT2D eigenvalue weighted by molar-refractivity contribution is 0.222. The van der Waals surface area contributed by atoms with Crippen molar-refractivity contribution in [1.82, 2.24) is 10.3 Å². The van der Waals surface area contributed by atoms with Crippen molar-refractivity contribution in [1.29, 1.82) is 0 Å². The van der Waals surface area contributed by atoms with Gasteiger partial charge in [0.05, 0.1) is 13.3 Å².